The van der Waals surface area contributed by atoms with Crippen LogP contribution in [0.25, 0.3) is 0 Å². The second kappa shape index (κ2) is 15.6. The fourth-order valence-electron chi connectivity index (χ4n) is 4.13. The van der Waals surface area contributed by atoms with E-state index in [9.17, 15) is 20.1 Å². The van der Waals surface area contributed by atoms with Crippen LogP contribution in [-0.4, -0.2) is 76.1 Å². The van der Waals surface area contributed by atoms with Gasteiger partial charge in [-0.25, -0.2) is 0 Å². The summed E-state index contributed by atoms with van der Waals surface area (Å²) in [5.41, 5.74) is 3.05. The van der Waals surface area contributed by atoms with Gasteiger partial charge >= 0.3 is 14.2 Å². The van der Waals surface area contributed by atoms with Gasteiger partial charge in [0.05, 0.1) is 0 Å². The maximum atomic E-state index is 9.61. The van der Waals surface area contributed by atoms with Crippen LogP contribution in [0.1, 0.15) is 43.7 Å². The predicted molar refractivity (Wildman–Crippen MR) is 141 cm³/mol. The molecule has 0 fully saturated rings. The summed E-state index contributed by atoms with van der Waals surface area (Å²) in [5, 5.41) is 38.4. The summed E-state index contributed by atoms with van der Waals surface area (Å²) in [5.74, 6) is 0.763. The third kappa shape index (κ3) is 9.83. The Balaban J connectivity index is 1.74. The number of hydrogen-bond donors (Lipinski definition) is 5. The van der Waals surface area contributed by atoms with E-state index in [2.05, 4.69) is 29.4 Å². The molecule has 0 aromatic heterocycles. The molecule has 0 spiro atoms. The molecule has 0 saturated carbocycles. The molecule has 0 atom stereocenters. The summed E-state index contributed by atoms with van der Waals surface area (Å²) in [7, 11) is -2.89. The Morgan fingerprint density at radius 1 is 0.667 bits per heavy atom. The van der Waals surface area contributed by atoms with Crippen molar-refractivity contribution in [3.8, 4) is 0 Å². The summed E-state index contributed by atoms with van der Waals surface area (Å²) in [6.07, 6.45) is 4.46. The molecule has 0 bridgehead atoms. The van der Waals surface area contributed by atoms with Gasteiger partial charge in [0.2, 0.25) is 0 Å². The van der Waals surface area contributed by atoms with Crippen LogP contribution in [0.3, 0.4) is 0 Å². The zero-order valence-corrected chi connectivity index (χ0v) is 20.6. The lowest BCUT2D eigenvalue weighted by molar-refractivity contribution is 0.262. The van der Waals surface area contributed by atoms with Crippen molar-refractivity contribution in [3.63, 3.8) is 0 Å². The lowest BCUT2D eigenvalue weighted by Gasteiger charge is -2.23. The number of benzene rings is 2. The van der Waals surface area contributed by atoms with E-state index in [0.29, 0.717) is 17.5 Å². The van der Waals surface area contributed by atoms with Crippen molar-refractivity contribution < 1.29 is 20.1 Å². The number of unbranched alkanes of at least 4 members (excludes halogenated alkanes) is 3. The van der Waals surface area contributed by atoms with Crippen LogP contribution in [-0.2, 0) is 13.1 Å². The second-order valence-electron chi connectivity index (χ2n) is 8.43. The van der Waals surface area contributed by atoms with Gasteiger partial charge in [0.15, 0.2) is 0 Å². The van der Waals surface area contributed by atoms with E-state index in [-0.39, 0.29) is 0 Å². The molecule has 2 aromatic carbocycles. The van der Waals surface area contributed by atoms with Crippen LogP contribution < -0.4 is 10.9 Å². The van der Waals surface area contributed by atoms with Crippen molar-refractivity contribution in [1.29, 1.82) is 0 Å². The predicted octanol–water partition coefficient (Wildman–Crippen LogP) is 0.860. The van der Waals surface area contributed by atoms with E-state index in [4.69, 9.17) is 0 Å². The Labute approximate surface area is 205 Å². The number of thiol groups is 1. The highest BCUT2D eigenvalue weighted by atomic mass is 32.1. The standard InChI is InChI=1S/C24H38B2N2O4S/c1-2-27(19-21-11-5-7-13-23(21)25(29)30)15-9-3-4-10-16-28(17-18-33)20-22-12-6-8-14-24(22)26(31)32/h5-8,11-14,29-33H,2-4,9-10,15-20H2,1H3. The molecule has 9 heteroatoms. The first-order chi connectivity index (χ1) is 16.0. The van der Waals surface area contributed by atoms with Crippen molar-refractivity contribution in [1.82, 2.24) is 9.80 Å². The van der Waals surface area contributed by atoms with E-state index in [1.165, 1.54) is 0 Å². The van der Waals surface area contributed by atoms with Crippen LogP contribution in [0, 0.1) is 0 Å². The Kier molecular flexibility index (Phi) is 13.2. The largest absolute Gasteiger partial charge is 0.488 e. The SMILES string of the molecule is CCN(CCCCCCN(CCS)Cc1ccccc1B(O)O)Cc1ccccc1B(O)O. The first-order valence-electron chi connectivity index (χ1n) is 11.9. The highest BCUT2D eigenvalue weighted by Gasteiger charge is 2.18. The minimum absolute atomic E-state index is 0.566. The fourth-order valence-corrected chi connectivity index (χ4v) is 4.41. The number of rotatable bonds is 16. The lowest BCUT2D eigenvalue weighted by Crippen LogP contribution is -2.36. The summed E-state index contributed by atoms with van der Waals surface area (Å²) in [6, 6.07) is 15.0. The van der Waals surface area contributed by atoms with Gasteiger partial charge in [-0.1, -0.05) is 68.3 Å². The number of hydrogen-bond acceptors (Lipinski definition) is 7. The molecule has 33 heavy (non-hydrogen) atoms. The normalized spacial score (nSPS) is 11.4. The zero-order valence-electron chi connectivity index (χ0n) is 19.7. The van der Waals surface area contributed by atoms with Crippen molar-refractivity contribution >= 4 is 37.8 Å². The van der Waals surface area contributed by atoms with Gasteiger partial charge in [-0.2, -0.15) is 12.6 Å². The quantitative estimate of drug-likeness (QED) is 0.142. The smallest absolute Gasteiger partial charge is 0.423 e. The third-order valence-electron chi connectivity index (χ3n) is 6.02. The topological polar surface area (TPSA) is 87.4 Å². The van der Waals surface area contributed by atoms with E-state index in [1.54, 1.807) is 12.1 Å². The zero-order chi connectivity index (χ0) is 24.1. The third-order valence-corrected chi connectivity index (χ3v) is 6.22. The van der Waals surface area contributed by atoms with Crippen molar-refractivity contribution in [2.24, 2.45) is 0 Å². The second-order valence-corrected chi connectivity index (χ2v) is 8.87. The highest BCUT2D eigenvalue weighted by Crippen LogP contribution is 2.10. The van der Waals surface area contributed by atoms with Crippen LogP contribution in [0.5, 0.6) is 0 Å². The van der Waals surface area contributed by atoms with Crippen molar-refractivity contribution in [3.05, 3.63) is 59.7 Å². The molecular weight excluding hydrogens is 434 g/mol. The number of nitrogens with zero attached hydrogens (tertiary/aromatic N) is 2. The van der Waals surface area contributed by atoms with Crippen LogP contribution in [0.2, 0.25) is 0 Å². The molecule has 0 aliphatic carbocycles. The monoisotopic (exact) mass is 472 g/mol. The molecule has 0 radical (unpaired) electrons. The average molecular weight is 472 g/mol. The first-order valence-corrected chi connectivity index (χ1v) is 12.5. The Hall–Kier alpha value is -1.32. The molecule has 0 aliphatic heterocycles. The molecule has 0 aliphatic rings. The van der Waals surface area contributed by atoms with Gasteiger partial charge in [0.25, 0.3) is 0 Å². The molecule has 0 unspecified atom stereocenters. The molecule has 0 heterocycles. The summed E-state index contributed by atoms with van der Waals surface area (Å²) < 4.78 is 0. The van der Waals surface area contributed by atoms with Crippen LogP contribution in [0.4, 0.5) is 0 Å². The summed E-state index contributed by atoms with van der Waals surface area (Å²) in [4.78, 5) is 4.66. The molecule has 0 saturated heterocycles. The summed E-state index contributed by atoms with van der Waals surface area (Å²) in [6.45, 7) is 7.25. The molecule has 2 rings (SSSR count). The molecule has 6 nitrogen and oxygen atoms in total. The van der Waals surface area contributed by atoms with Gasteiger partial charge in [0, 0.05) is 25.4 Å². The van der Waals surface area contributed by atoms with E-state index in [0.717, 1.165) is 75.3 Å². The average Bonchev–Trinajstić information content (AvgIpc) is 2.80. The van der Waals surface area contributed by atoms with E-state index in [1.807, 2.05) is 36.4 Å². The van der Waals surface area contributed by atoms with Gasteiger partial charge < -0.3 is 20.1 Å². The van der Waals surface area contributed by atoms with Crippen molar-refractivity contribution in [2.45, 2.75) is 45.7 Å². The summed E-state index contributed by atoms with van der Waals surface area (Å²) >= 11 is 4.39. The fraction of sp³-hybridized carbons (Fsp3) is 0.500. The van der Waals surface area contributed by atoms with Crippen LogP contribution in [0.15, 0.2) is 48.5 Å². The van der Waals surface area contributed by atoms with Crippen LogP contribution >= 0.6 is 12.6 Å². The minimum Gasteiger partial charge on any atom is -0.423 e. The lowest BCUT2D eigenvalue weighted by atomic mass is 9.77. The Morgan fingerprint density at radius 2 is 1.12 bits per heavy atom. The van der Waals surface area contributed by atoms with Gasteiger partial charge in [-0.15, -0.1) is 0 Å². The minimum atomic E-state index is -1.45. The maximum Gasteiger partial charge on any atom is 0.488 e. The molecule has 0 amide bonds. The molecular formula is C24H38B2N2O4S. The molecule has 180 valence electrons. The molecule has 2 aromatic rings. The maximum absolute atomic E-state index is 9.61. The van der Waals surface area contributed by atoms with Gasteiger partial charge in [-0.3, -0.25) is 9.80 Å². The first kappa shape index (κ1) is 27.9. The van der Waals surface area contributed by atoms with E-state index >= 15 is 0 Å². The van der Waals surface area contributed by atoms with Gasteiger partial charge in [-0.05, 0) is 54.5 Å². The van der Waals surface area contributed by atoms with Gasteiger partial charge in [0.1, 0.15) is 0 Å². The Bertz CT molecular complexity index is 814. The highest BCUT2D eigenvalue weighted by molar-refractivity contribution is 7.80. The van der Waals surface area contributed by atoms with E-state index < -0.39 is 14.2 Å². The molecule has 4 N–H and O–H groups in total. The van der Waals surface area contributed by atoms with Crippen molar-refractivity contribution in [2.75, 3.05) is 31.9 Å². The Morgan fingerprint density at radius 3 is 1.58 bits per heavy atom.